The van der Waals surface area contributed by atoms with E-state index in [1.807, 2.05) is 6.20 Å². The molecule has 0 aliphatic heterocycles. The number of rotatable bonds is 0. The Morgan fingerprint density at radius 3 is 3.33 bits per heavy atom. The van der Waals surface area contributed by atoms with Gasteiger partial charge in [0, 0.05) is 5.56 Å². The molecular formula is C7H7N5. The van der Waals surface area contributed by atoms with Gasteiger partial charge in [-0.25, -0.2) is 0 Å². The smallest absolute Gasteiger partial charge is 0.155 e. The van der Waals surface area contributed by atoms with E-state index in [9.17, 15) is 0 Å². The molecule has 1 aliphatic carbocycles. The number of hydrogen-bond acceptors (Lipinski definition) is 4. The van der Waals surface area contributed by atoms with Crippen LogP contribution in [0.5, 0.6) is 0 Å². The minimum atomic E-state index is 0.824. The molecule has 12 heavy (non-hydrogen) atoms. The minimum absolute atomic E-state index is 0.824. The molecule has 0 saturated carbocycles. The second kappa shape index (κ2) is 2.00. The zero-order chi connectivity index (χ0) is 7.97. The zero-order valence-electron chi connectivity index (χ0n) is 6.43. The van der Waals surface area contributed by atoms with Crippen molar-refractivity contribution in [1.82, 2.24) is 25.3 Å². The predicted octanol–water partition coefficient (Wildman–Crippen LogP) is 0.00800. The summed E-state index contributed by atoms with van der Waals surface area (Å²) in [6.07, 6.45) is 5.27. The summed E-state index contributed by atoms with van der Waals surface area (Å²) in [4.78, 5) is 0. The predicted molar refractivity (Wildman–Crippen MR) is 40.6 cm³/mol. The molecule has 5 nitrogen and oxygen atoms in total. The summed E-state index contributed by atoms with van der Waals surface area (Å²) in [6.45, 7) is 0. The Balaban J connectivity index is 2.46. The van der Waals surface area contributed by atoms with Gasteiger partial charge >= 0.3 is 0 Å². The van der Waals surface area contributed by atoms with Gasteiger partial charge in [0.05, 0.1) is 6.20 Å². The van der Waals surface area contributed by atoms with E-state index in [-0.39, 0.29) is 0 Å². The summed E-state index contributed by atoms with van der Waals surface area (Å²) in [5.74, 6) is 0. The van der Waals surface area contributed by atoms with Gasteiger partial charge in [-0.1, -0.05) is 0 Å². The van der Waals surface area contributed by atoms with Crippen LogP contribution in [0.15, 0.2) is 6.20 Å². The highest BCUT2D eigenvalue weighted by molar-refractivity contribution is 5.50. The lowest BCUT2D eigenvalue weighted by Gasteiger charge is -1.96. The van der Waals surface area contributed by atoms with Crippen LogP contribution in [-0.4, -0.2) is 25.3 Å². The van der Waals surface area contributed by atoms with Gasteiger partial charge in [-0.3, -0.25) is 0 Å². The fourth-order valence-corrected chi connectivity index (χ4v) is 1.73. The summed E-state index contributed by atoms with van der Waals surface area (Å²) >= 11 is 0. The van der Waals surface area contributed by atoms with E-state index in [2.05, 4.69) is 20.6 Å². The summed E-state index contributed by atoms with van der Waals surface area (Å²) in [5.41, 5.74) is 3.40. The number of fused-ring (bicyclic) bond motifs is 3. The van der Waals surface area contributed by atoms with Crippen molar-refractivity contribution < 1.29 is 0 Å². The molecular weight excluding hydrogens is 154 g/mol. The van der Waals surface area contributed by atoms with Crippen LogP contribution in [-0.2, 0) is 12.8 Å². The van der Waals surface area contributed by atoms with Crippen LogP contribution in [0.25, 0.3) is 5.65 Å². The van der Waals surface area contributed by atoms with Crippen molar-refractivity contribution >= 4 is 5.65 Å². The third-order valence-corrected chi connectivity index (χ3v) is 2.31. The lowest BCUT2D eigenvalue weighted by atomic mass is 10.2. The molecule has 3 rings (SSSR count). The first-order chi connectivity index (χ1) is 5.95. The third-order valence-electron chi connectivity index (χ3n) is 2.31. The fourth-order valence-electron chi connectivity index (χ4n) is 1.73. The van der Waals surface area contributed by atoms with Gasteiger partial charge in [0.1, 0.15) is 0 Å². The molecule has 0 amide bonds. The molecule has 0 N–H and O–H groups in total. The number of tetrazole rings is 1. The maximum absolute atomic E-state index is 4.09. The highest BCUT2D eigenvalue weighted by Crippen LogP contribution is 2.22. The molecule has 0 aromatic carbocycles. The van der Waals surface area contributed by atoms with Crippen LogP contribution in [0.3, 0.4) is 0 Å². The number of nitrogens with zero attached hydrogens (tertiary/aromatic N) is 5. The fraction of sp³-hybridized carbons (Fsp3) is 0.429. The number of aryl methyl sites for hydroxylation is 2. The van der Waals surface area contributed by atoms with Crippen LogP contribution in [0, 0.1) is 0 Å². The molecule has 0 spiro atoms. The average molecular weight is 161 g/mol. The van der Waals surface area contributed by atoms with Crippen molar-refractivity contribution in [2.24, 2.45) is 0 Å². The first kappa shape index (κ1) is 6.05. The molecule has 0 atom stereocenters. The van der Waals surface area contributed by atoms with E-state index in [4.69, 9.17) is 0 Å². The van der Waals surface area contributed by atoms with Crippen molar-refractivity contribution in [3.05, 3.63) is 17.3 Å². The molecule has 2 heterocycles. The largest absolute Gasteiger partial charge is 0.203 e. The van der Waals surface area contributed by atoms with Gasteiger partial charge in [0.2, 0.25) is 5.65 Å². The van der Waals surface area contributed by atoms with E-state index in [1.165, 1.54) is 22.2 Å². The Morgan fingerprint density at radius 1 is 1.33 bits per heavy atom. The summed E-state index contributed by atoms with van der Waals surface area (Å²) in [7, 11) is 0. The van der Waals surface area contributed by atoms with Gasteiger partial charge in [-0.15, -0.1) is 9.73 Å². The quantitative estimate of drug-likeness (QED) is 0.546. The Labute approximate surface area is 68.4 Å². The lowest BCUT2D eigenvalue weighted by Crippen LogP contribution is -1.97. The summed E-state index contributed by atoms with van der Waals surface area (Å²) in [6, 6.07) is 0. The molecule has 60 valence electrons. The van der Waals surface area contributed by atoms with Crippen molar-refractivity contribution in [2.45, 2.75) is 19.3 Å². The molecule has 2 aromatic heterocycles. The lowest BCUT2D eigenvalue weighted by molar-refractivity contribution is 0.729. The van der Waals surface area contributed by atoms with Crippen LogP contribution in [0.1, 0.15) is 17.5 Å². The SMILES string of the molecule is c1nn2nnnc2c2c1CCC2. The van der Waals surface area contributed by atoms with Gasteiger partial charge in [0.15, 0.2) is 0 Å². The van der Waals surface area contributed by atoms with E-state index >= 15 is 0 Å². The molecule has 1 aliphatic rings. The van der Waals surface area contributed by atoms with Crippen molar-refractivity contribution in [2.75, 3.05) is 0 Å². The molecule has 5 heteroatoms. The second-order valence-electron chi connectivity index (χ2n) is 2.99. The van der Waals surface area contributed by atoms with Crippen molar-refractivity contribution in [3.8, 4) is 0 Å². The van der Waals surface area contributed by atoms with Crippen LogP contribution >= 0.6 is 0 Å². The second-order valence-corrected chi connectivity index (χ2v) is 2.99. The minimum Gasteiger partial charge on any atom is -0.155 e. The van der Waals surface area contributed by atoms with Crippen molar-refractivity contribution in [3.63, 3.8) is 0 Å². The molecule has 2 aromatic rings. The van der Waals surface area contributed by atoms with Crippen LogP contribution < -0.4 is 0 Å². The standard InChI is InChI=1S/C7H7N5/c1-2-5-4-8-12-7(6(5)3-1)9-10-11-12/h4H,1-3H2. The van der Waals surface area contributed by atoms with Gasteiger partial charge in [-0.05, 0) is 35.3 Å². The van der Waals surface area contributed by atoms with E-state index in [0.717, 1.165) is 18.5 Å². The van der Waals surface area contributed by atoms with Gasteiger partial charge < -0.3 is 0 Å². The van der Waals surface area contributed by atoms with E-state index in [0.29, 0.717) is 0 Å². The maximum Gasteiger partial charge on any atom is 0.203 e. The number of hydrogen-bond donors (Lipinski definition) is 0. The average Bonchev–Trinajstić information content (AvgIpc) is 2.71. The Hall–Kier alpha value is -1.52. The number of aromatic nitrogens is 5. The molecule has 0 bridgehead atoms. The normalized spacial score (nSPS) is 15.3. The van der Waals surface area contributed by atoms with Gasteiger partial charge in [0.25, 0.3) is 0 Å². The van der Waals surface area contributed by atoms with E-state index in [1.54, 1.807) is 0 Å². The summed E-state index contributed by atoms with van der Waals surface area (Å²) < 4.78 is 1.49. The molecule has 0 unspecified atom stereocenters. The molecule has 0 radical (unpaired) electrons. The first-order valence-electron chi connectivity index (χ1n) is 4.00. The van der Waals surface area contributed by atoms with Gasteiger partial charge in [-0.2, -0.15) is 5.10 Å². The van der Waals surface area contributed by atoms with Crippen LogP contribution in [0.2, 0.25) is 0 Å². The Bertz CT molecular complexity index is 432. The first-order valence-corrected chi connectivity index (χ1v) is 4.00. The molecule has 0 fully saturated rings. The maximum atomic E-state index is 4.09. The topological polar surface area (TPSA) is 56.0 Å². The highest BCUT2D eigenvalue weighted by Gasteiger charge is 2.16. The van der Waals surface area contributed by atoms with E-state index < -0.39 is 0 Å². The zero-order valence-corrected chi connectivity index (χ0v) is 6.43. The summed E-state index contributed by atoms with van der Waals surface area (Å²) in [5, 5.41) is 15.3. The van der Waals surface area contributed by atoms with Crippen LogP contribution in [0.4, 0.5) is 0 Å². The third kappa shape index (κ3) is 0.628. The Kier molecular flexibility index (Phi) is 1.01. The highest BCUT2D eigenvalue weighted by atomic mass is 15.6. The molecule has 0 saturated heterocycles. The Morgan fingerprint density at radius 2 is 2.33 bits per heavy atom. The van der Waals surface area contributed by atoms with Crippen molar-refractivity contribution in [1.29, 1.82) is 0 Å². The monoisotopic (exact) mass is 161 g/mol.